The van der Waals surface area contributed by atoms with Crippen molar-refractivity contribution in [2.24, 2.45) is 4.99 Å². The Hall–Kier alpha value is -0.790. The van der Waals surface area contributed by atoms with Crippen LogP contribution in [0.5, 0.6) is 0 Å². The average Bonchev–Trinajstić information content (AvgIpc) is 2.14. The predicted molar refractivity (Wildman–Crippen MR) is 34.9 cm³/mol. The average molecular weight is 110 g/mol. The molecule has 44 valence electrons. The SMILES string of the molecule is C/N=C1/CC=CN1C. The lowest BCUT2D eigenvalue weighted by Gasteiger charge is -2.07. The maximum Gasteiger partial charge on any atom is 0.106 e. The highest BCUT2D eigenvalue weighted by Crippen LogP contribution is 2.03. The van der Waals surface area contributed by atoms with Gasteiger partial charge in [0.25, 0.3) is 0 Å². The van der Waals surface area contributed by atoms with Gasteiger partial charge in [-0.2, -0.15) is 0 Å². The Morgan fingerprint density at radius 2 is 2.50 bits per heavy atom. The highest BCUT2D eigenvalue weighted by molar-refractivity contribution is 5.86. The maximum absolute atomic E-state index is 4.05. The number of nitrogens with zero attached hydrogens (tertiary/aromatic N) is 2. The molecule has 2 nitrogen and oxygen atoms in total. The molecule has 0 unspecified atom stereocenters. The smallest absolute Gasteiger partial charge is 0.106 e. The molecule has 0 fully saturated rings. The van der Waals surface area contributed by atoms with E-state index in [1.54, 1.807) is 0 Å². The second-order valence-corrected chi connectivity index (χ2v) is 1.84. The summed E-state index contributed by atoms with van der Waals surface area (Å²) in [5, 5.41) is 0. The summed E-state index contributed by atoms with van der Waals surface area (Å²) in [6, 6.07) is 0. The summed E-state index contributed by atoms with van der Waals surface area (Å²) in [4.78, 5) is 6.08. The molecule has 2 heteroatoms. The van der Waals surface area contributed by atoms with Crippen molar-refractivity contribution >= 4 is 5.84 Å². The monoisotopic (exact) mass is 110 g/mol. The van der Waals surface area contributed by atoms with E-state index in [4.69, 9.17) is 0 Å². The van der Waals surface area contributed by atoms with Gasteiger partial charge in [0, 0.05) is 26.7 Å². The van der Waals surface area contributed by atoms with Crippen molar-refractivity contribution < 1.29 is 0 Å². The first kappa shape index (κ1) is 5.35. The molecule has 0 radical (unpaired) electrons. The Morgan fingerprint density at radius 3 is 2.75 bits per heavy atom. The summed E-state index contributed by atoms with van der Waals surface area (Å²) in [6.45, 7) is 0. The number of amidine groups is 1. The molecule has 0 aromatic rings. The normalized spacial score (nSPS) is 23.2. The molecule has 0 aromatic heterocycles. The lowest BCUT2D eigenvalue weighted by atomic mass is 10.4. The minimum atomic E-state index is 0.993. The molecule has 0 amide bonds. The summed E-state index contributed by atoms with van der Waals surface area (Å²) < 4.78 is 0. The van der Waals surface area contributed by atoms with Gasteiger partial charge in [-0.15, -0.1) is 0 Å². The van der Waals surface area contributed by atoms with E-state index in [1.165, 1.54) is 0 Å². The van der Waals surface area contributed by atoms with E-state index in [1.807, 2.05) is 25.2 Å². The Labute approximate surface area is 49.5 Å². The van der Waals surface area contributed by atoms with E-state index >= 15 is 0 Å². The zero-order chi connectivity index (χ0) is 5.98. The van der Waals surface area contributed by atoms with Crippen molar-refractivity contribution in [1.29, 1.82) is 0 Å². The molecule has 1 rings (SSSR count). The van der Waals surface area contributed by atoms with Crippen LogP contribution in [0.4, 0.5) is 0 Å². The fourth-order valence-corrected chi connectivity index (χ4v) is 0.795. The minimum Gasteiger partial charge on any atom is -0.340 e. The van der Waals surface area contributed by atoms with E-state index in [9.17, 15) is 0 Å². The summed E-state index contributed by atoms with van der Waals surface area (Å²) in [5.74, 6) is 1.14. The molecule has 0 saturated heterocycles. The van der Waals surface area contributed by atoms with Crippen LogP contribution in [0, 0.1) is 0 Å². The van der Waals surface area contributed by atoms with E-state index in [-0.39, 0.29) is 0 Å². The molecule has 0 aromatic carbocycles. The molecule has 0 bridgehead atoms. The molecule has 0 saturated carbocycles. The van der Waals surface area contributed by atoms with Gasteiger partial charge < -0.3 is 4.90 Å². The highest BCUT2D eigenvalue weighted by Gasteiger charge is 2.04. The van der Waals surface area contributed by atoms with Gasteiger partial charge in [0.2, 0.25) is 0 Å². The van der Waals surface area contributed by atoms with Crippen molar-refractivity contribution in [2.75, 3.05) is 14.1 Å². The van der Waals surface area contributed by atoms with Crippen LogP contribution in [0.25, 0.3) is 0 Å². The first-order valence-electron chi connectivity index (χ1n) is 2.69. The Bertz CT molecular complexity index is 135. The summed E-state index contributed by atoms with van der Waals surface area (Å²) in [5.41, 5.74) is 0. The van der Waals surface area contributed by atoms with Gasteiger partial charge in [-0.1, -0.05) is 6.08 Å². The van der Waals surface area contributed by atoms with Gasteiger partial charge in [-0.25, -0.2) is 0 Å². The molecular weight excluding hydrogens is 100 g/mol. The lowest BCUT2D eigenvalue weighted by Crippen LogP contribution is -2.14. The van der Waals surface area contributed by atoms with Crippen molar-refractivity contribution in [3.05, 3.63) is 12.3 Å². The molecule has 8 heavy (non-hydrogen) atoms. The van der Waals surface area contributed by atoms with Crippen LogP contribution in [0.2, 0.25) is 0 Å². The third kappa shape index (κ3) is 0.735. The number of rotatable bonds is 0. The van der Waals surface area contributed by atoms with Crippen LogP contribution in [0.3, 0.4) is 0 Å². The van der Waals surface area contributed by atoms with Gasteiger partial charge in [0.15, 0.2) is 0 Å². The lowest BCUT2D eigenvalue weighted by molar-refractivity contribution is 0.697. The first-order chi connectivity index (χ1) is 3.84. The van der Waals surface area contributed by atoms with Crippen LogP contribution >= 0.6 is 0 Å². The highest BCUT2D eigenvalue weighted by atomic mass is 15.2. The molecule has 1 aliphatic heterocycles. The predicted octanol–water partition coefficient (Wildman–Crippen LogP) is 0.864. The third-order valence-corrected chi connectivity index (χ3v) is 1.29. The van der Waals surface area contributed by atoms with E-state index in [2.05, 4.69) is 11.1 Å². The van der Waals surface area contributed by atoms with Crippen molar-refractivity contribution in [3.8, 4) is 0 Å². The van der Waals surface area contributed by atoms with E-state index in [0.717, 1.165) is 12.3 Å². The largest absolute Gasteiger partial charge is 0.340 e. The van der Waals surface area contributed by atoms with E-state index < -0.39 is 0 Å². The Balaban J connectivity index is 2.64. The molecule has 0 N–H and O–H groups in total. The first-order valence-corrected chi connectivity index (χ1v) is 2.69. The third-order valence-electron chi connectivity index (χ3n) is 1.29. The summed E-state index contributed by atoms with van der Waals surface area (Å²) in [7, 11) is 3.82. The maximum atomic E-state index is 4.05. The molecule has 0 spiro atoms. The zero-order valence-electron chi connectivity index (χ0n) is 5.26. The van der Waals surface area contributed by atoms with Gasteiger partial charge in [-0.05, 0) is 0 Å². The second-order valence-electron chi connectivity index (χ2n) is 1.84. The van der Waals surface area contributed by atoms with Gasteiger partial charge in [0.05, 0.1) is 0 Å². The molecule has 1 aliphatic rings. The topological polar surface area (TPSA) is 15.6 Å². The van der Waals surface area contributed by atoms with E-state index in [0.29, 0.717) is 0 Å². The molecular formula is C6H10N2. The second kappa shape index (κ2) is 1.99. The fraction of sp³-hybridized carbons (Fsp3) is 0.500. The molecule has 1 heterocycles. The van der Waals surface area contributed by atoms with Crippen molar-refractivity contribution in [3.63, 3.8) is 0 Å². The van der Waals surface area contributed by atoms with Gasteiger partial charge in [-0.3, -0.25) is 4.99 Å². The molecule has 0 aliphatic carbocycles. The van der Waals surface area contributed by atoms with Crippen LogP contribution in [0.15, 0.2) is 17.3 Å². The van der Waals surface area contributed by atoms with Crippen molar-refractivity contribution in [1.82, 2.24) is 4.90 Å². The number of aliphatic imine (C=N–C) groups is 1. The van der Waals surface area contributed by atoms with Gasteiger partial charge in [0.1, 0.15) is 5.84 Å². The summed E-state index contributed by atoms with van der Waals surface area (Å²) >= 11 is 0. The van der Waals surface area contributed by atoms with Crippen molar-refractivity contribution in [2.45, 2.75) is 6.42 Å². The quantitative estimate of drug-likeness (QED) is 0.451. The fourth-order valence-electron chi connectivity index (χ4n) is 0.795. The van der Waals surface area contributed by atoms with Crippen LogP contribution < -0.4 is 0 Å². The number of hydrogen-bond acceptors (Lipinski definition) is 1. The standard InChI is InChI=1S/C6H10N2/c1-7-6-4-3-5-8(6)2/h3,5H,4H2,1-2H3/b7-6-. The zero-order valence-corrected chi connectivity index (χ0v) is 5.26. The summed E-state index contributed by atoms with van der Waals surface area (Å²) in [6.07, 6.45) is 5.12. The Morgan fingerprint density at radius 1 is 1.75 bits per heavy atom. The van der Waals surface area contributed by atoms with Gasteiger partial charge >= 0.3 is 0 Å². The van der Waals surface area contributed by atoms with Crippen LogP contribution in [-0.4, -0.2) is 24.8 Å². The number of hydrogen-bond donors (Lipinski definition) is 0. The van der Waals surface area contributed by atoms with Crippen LogP contribution in [0.1, 0.15) is 6.42 Å². The molecule has 0 atom stereocenters. The Kier molecular flexibility index (Phi) is 1.33. The van der Waals surface area contributed by atoms with Crippen LogP contribution in [-0.2, 0) is 0 Å². The minimum absolute atomic E-state index is 0.993.